The van der Waals surface area contributed by atoms with E-state index in [9.17, 15) is 4.79 Å². The molecule has 0 unspecified atom stereocenters. The lowest BCUT2D eigenvalue weighted by molar-refractivity contribution is 0.0956. The normalized spacial score (nSPS) is 13.0. The molecule has 0 aliphatic carbocycles. The minimum absolute atomic E-state index is 0.0331. The number of amides is 1. The monoisotopic (exact) mass is 322 g/mol. The number of benzene rings is 2. The maximum absolute atomic E-state index is 12.2. The number of para-hydroxylation sites is 1. The number of nitrogens with two attached hydrogens (primary N) is 1. The Morgan fingerprint density at radius 1 is 1.17 bits per heavy atom. The van der Waals surface area contributed by atoms with E-state index in [0.29, 0.717) is 25.2 Å². The van der Waals surface area contributed by atoms with Gasteiger partial charge in [-0.05, 0) is 17.7 Å². The molecule has 3 N–H and O–H groups in total. The SMILES string of the molecule is CC.NCc1ccc(-c2nc3cccc4c3n2CCNC4=O)cc1. The predicted molar refractivity (Wildman–Crippen MR) is 96.7 cm³/mol. The van der Waals surface area contributed by atoms with Crippen molar-refractivity contribution in [3.05, 3.63) is 53.6 Å². The Balaban J connectivity index is 0.000000815. The number of nitrogens with zero attached hydrogens (tertiary/aromatic N) is 2. The van der Waals surface area contributed by atoms with Crippen molar-refractivity contribution in [1.82, 2.24) is 14.9 Å². The Hall–Kier alpha value is -2.66. The first-order chi connectivity index (χ1) is 11.8. The summed E-state index contributed by atoms with van der Waals surface area (Å²) in [5.41, 5.74) is 10.2. The highest BCUT2D eigenvalue weighted by atomic mass is 16.1. The minimum Gasteiger partial charge on any atom is -0.350 e. The zero-order valence-corrected chi connectivity index (χ0v) is 14.0. The van der Waals surface area contributed by atoms with Crippen LogP contribution in [0.1, 0.15) is 29.8 Å². The van der Waals surface area contributed by atoms with Crippen LogP contribution in [0.25, 0.3) is 22.4 Å². The molecule has 24 heavy (non-hydrogen) atoms. The molecule has 0 bridgehead atoms. The molecule has 2 aromatic carbocycles. The summed E-state index contributed by atoms with van der Waals surface area (Å²) < 4.78 is 2.13. The van der Waals surface area contributed by atoms with Crippen molar-refractivity contribution >= 4 is 16.9 Å². The number of rotatable bonds is 2. The van der Waals surface area contributed by atoms with Crippen molar-refractivity contribution < 1.29 is 4.79 Å². The van der Waals surface area contributed by atoms with E-state index in [1.54, 1.807) is 0 Å². The summed E-state index contributed by atoms with van der Waals surface area (Å²) in [5.74, 6) is 0.858. The van der Waals surface area contributed by atoms with Crippen LogP contribution in [0.2, 0.25) is 0 Å². The third kappa shape index (κ3) is 2.67. The van der Waals surface area contributed by atoms with Gasteiger partial charge in [-0.2, -0.15) is 0 Å². The number of carbonyl (C=O) groups is 1. The van der Waals surface area contributed by atoms with Gasteiger partial charge in [0.05, 0.1) is 16.6 Å². The zero-order valence-electron chi connectivity index (χ0n) is 14.0. The number of carbonyl (C=O) groups excluding carboxylic acids is 1. The summed E-state index contributed by atoms with van der Waals surface area (Å²) in [5, 5.41) is 2.93. The molecule has 2 heterocycles. The fourth-order valence-electron chi connectivity index (χ4n) is 2.97. The van der Waals surface area contributed by atoms with E-state index in [1.165, 1.54) is 0 Å². The smallest absolute Gasteiger partial charge is 0.253 e. The molecule has 1 aliphatic rings. The molecule has 4 rings (SSSR count). The Bertz CT molecular complexity index is 865. The minimum atomic E-state index is -0.0331. The van der Waals surface area contributed by atoms with Crippen molar-refractivity contribution in [2.24, 2.45) is 5.73 Å². The van der Waals surface area contributed by atoms with Gasteiger partial charge in [0.15, 0.2) is 0 Å². The fourth-order valence-corrected chi connectivity index (χ4v) is 2.97. The highest BCUT2D eigenvalue weighted by Crippen LogP contribution is 2.28. The van der Waals surface area contributed by atoms with Gasteiger partial charge in [0, 0.05) is 25.2 Å². The maximum atomic E-state index is 12.2. The predicted octanol–water partition coefficient (Wildman–Crippen LogP) is 2.93. The van der Waals surface area contributed by atoms with E-state index in [0.717, 1.165) is 28.0 Å². The topological polar surface area (TPSA) is 72.9 Å². The first-order valence-electron chi connectivity index (χ1n) is 8.35. The summed E-state index contributed by atoms with van der Waals surface area (Å²) in [6.45, 7) is 5.85. The Morgan fingerprint density at radius 3 is 2.62 bits per heavy atom. The molecule has 0 fully saturated rings. The molecule has 0 saturated carbocycles. The molecule has 1 amide bonds. The standard InChI is InChI=1S/C17H16N4O.C2H6/c18-10-11-4-6-12(7-5-11)16-20-14-3-1-2-13-15(14)21(16)9-8-19-17(13)22;1-2/h1-7H,8-10,18H2,(H,19,22);1-2H3. The van der Waals surface area contributed by atoms with Crippen LogP contribution in [-0.4, -0.2) is 22.0 Å². The van der Waals surface area contributed by atoms with Crippen molar-refractivity contribution in [2.45, 2.75) is 26.9 Å². The highest BCUT2D eigenvalue weighted by molar-refractivity contribution is 6.06. The Morgan fingerprint density at radius 2 is 1.92 bits per heavy atom. The molecule has 5 heteroatoms. The molecule has 5 nitrogen and oxygen atoms in total. The summed E-state index contributed by atoms with van der Waals surface area (Å²) in [7, 11) is 0. The fraction of sp³-hybridized carbons (Fsp3) is 0.263. The van der Waals surface area contributed by atoms with E-state index >= 15 is 0 Å². The average Bonchev–Trinajstić information content (AvgIpc) is 2.93. The molecule has 3 aromatic rings. The van der Waals surface area contributed by atoms with Crippen LogP contribution in [0.15, 0.2) is 42.5 Å². The van der Waals surface area contributed by atoms with Gasteiger partial charge in [0.1, 0.15) is 5.82 Å². The summed E-state index contributed by atoms with van der Waals surface area (Å²) in [6.07, 6.45) is 0. The number of aromatic nitrogens is 2. The van der Waals surface area contributed by atoms with E-state index < -0.39 is 0 Å². The van der Waals surface area contributed by atoms with Crippen molar-refractivity contribution in [3.63, 3.8) is 0 Å². The number of hydrogen-bond donors (Lipinski definition) is 2. The third-order valence-corrected chi connectivity index (χ3v) is 4.08. The quantitative estimate of drug-likeness (QED) is 0.762. The number of imidazole rings is 1. The lowest BCUT2D eigenvalue weighted by atomic mass is 10.1. The van der Waals surface area contributed by atoms with Crippen LogP contribution < -0.4 is 11.1 Å². The molecule has 124 valence electrons. The average molecular weight is 322 g/mol. The first kappa shape index (κ1) is 16.2. The van der Waals surface area contributed by atoms with Gasteiger partial charge in [-0.15, -0.1) is 0 Å². The molecule has 0 radical (unpaired) electrons. The lowest BCUT2D eigenvalue weighted by Gasteiger charge is -2.07. The number of hydrogen-bond acceptors (Lipinski definition) is 3. The van der Waals surface area contributed by atoms with Crippen molar-refractivity contribution in [1.29, 1.82) is 0 Å². The second-order valence-electron chi connectivity index (χ2n) is 5.42. The van der Waals surface area contributed by atoms with Gasteiger partial charge in [-0.3, -0.25) is 4.79 Å². The van der Waals surface area contributed by atoms with Crippen LogP contribution in [0.4, 0.5) is 0 Å². The van der Waals surface area contributed by atoms with Crippen LogP contribution in [0.5, 0.6) is 0 Å². The summed E-state index contributed by atoms with van der Waals surface area (Å²) in [6, 6.07) is 13.8. The first-order valence-corrected chi connectivity index (χ1v) is 8.35. The van der Waals surface area contributed by atoms with Crippen LogP contribution in [-0.2, 0) is 13.1 Å². The van der Waals surface area contributed by atoms with Crippen LogP contribution >= 0.6 is 0 Å². The number of nitrogens with one attached hydrogen (secondary N) is 1. The largest absolute Gasteiger partial charge is 0.350 e. The second-order valence-corrected chi connectivity index (χ2v) is 5.42. The molecule has 0 spiro atoms. The summed E-state index contributed by atoms with van der Waals surface area (Å²) >= 11 is 0. The summed E-state index contributed by atoms with van der Waals surface area (Å²) in [4.78, 5) is 16.9. The lowest BCUT2D eigenvalue weighted by Crippen LogP contribution is -2.24. The van der Waals surface area contributed by atoms with Crippen LogP contribution in [0.3, 0.4) is 0 Å². The molecule has 1 aliphatic heterocycles. The van der Waals surface area contributed by atoms with Gasteiger partial charge in [-0.25, -0.2) is 4.98 Å². The highest BCUT2D eigenvalue weighted by Gasteiger charge is 2.21. The van der Waals surface area contributed by atoms with Gasteiger partial charge in [-0.1, -0.05) is 44.2 Å². The second kappa shape index (κ2) is 6.84. The Kier molecular flexibility index (Phi) is 4.62. The van der Waals surface area contributed by atoms with Crippen LogP contribution in [0, 0.1) is 0 Å². The van der Waals surface area contributed by atoms with E-state index in [4.69, 9.17) is 10.7 Å². The Labute approximate surface area is 141 Å². The van der Waals surface area contributed by atoms with Gasteiger partial charge >= 0.3 is 0 Å². The zero-order chi connectivity index (χ0) is 17.1. The van der Waals surface area contributed by atoms with Crippen molar-refractivity contribution in [3.8, 4) is 11.4 Å². The van der Waals surface area contributed by atoms with Gasteiger partial charge in [0.2, 0.25) is 0 Å². The maximum Gasteiger partial charge on any atom is 0.253 e. The van der Waals surface area contributed by atoms with Crippen molar-refractivity contribution in [2.75, 3.05) is 6.54 Å². The van der Waals surface area contributed by atoms with Gasteiger partial charge in [0.25, 0.3) is 5.91 Å². The molecular formula is C19H22N4O. The van der Waals surface area contributed by atoms with E-state index in [1.807, 2.05) is 56.3 Å². The van der Waals surface area contributed by atoms with E-state index in [2.05, 4.69) is 9.88 Å². The van der Waals surface area contributed by atoms with Gasteiger partial charge < -0.3 is 15.6 Å². The molecule has 0 atom stereocenters. The molecular weight excluding hydrogens is 300 g/mol. The molecule has 1 aromatic heterocycles. The molecule has 0 saturated heterocycles. The third-order valence-electron chi connectivity index (χ3n) is 4.08. The van der Waals surface area contributed by atoms with E-state index in [-0.39, 0.29) is 5.91 Å².